The van der Waals surface area contributed by atoms with Crippen molar-refractivity contribution < 1.29 is 9.47 Å². The smallest absolute Gasteiger partial charge is 0.115 e. The number of nitrogens with one attached hydrogen (secondary N) is 4. The van der Waals surface area contributed by atoms with Gasteiger partial charge in [0.1, 0.15) is 11.1 Å². The zero-order chi connectivity index (χ0) is 22.1. The Bertz CT molecular complexity index is 554. The van der Waals surface area contributed by atoms with E-state index in [1.165, 1.54) is 0 Å². The van der Waals surface area contributed by atoms with Gasteiger partial charge in [0, 0.05) is 11.4 Å². The van der Waals surface area contributed by atoms with Crippen LogP contribution >= 0.6 is 0 Å². The minimum absolute atomic E-state index is 0.0828. The number of ether oxygens (including phenoxy) is 2. The fourth-order valence-corrected chi connectivity index (χ4v) is 1.58. The van der Waals surface area contributed by atoms with Crippen molar-refractivity contribution in [3.8, 4) is 0 Å². The Morgan fingerprint density at radius 2 is 0.929 bits per heavy atom. The summed E-state index contributed by atoms with van der Waals surface area (Å²) in [5.41, 5.74) is -0.218. The fraction of sp³-hybridized carbons (Fsp3) is 0.800. The van der Waals surface area contributed by atoms with Crippen LogP contribution in [0.2, 0.25) is 0 Å². The van der Waals surface area contributed by atoms with Gasteiger partial charge in [-0.05, 0) is 39.5 Å². The SMILES string of the molecule is CC(C)C(=N)COCC(=N)C(C)(C)N=NC(C)(C)C(=N)COCC(=N)C(C)C. The number of azo groups is 1. The lowest BCUT2D eigenvalue weighted by Crippen LogP contribution is -2.36. The van der Waals surface area contributed by atoms with E-state index in [-0.39, 0.29) is 49.7 Å². The van der Waals surface area contributed by atoms with Gasteiger partial charge in [0.05, 0.1) is 37.9 Å². The molecule has 0 radical (unpaired) electrons. The second-order valence-corrected chi connectivity index (χ2v) is 8.62. The summed E-state index contributed by atoms with van der Waals surface area (Å²) in [6.07, 6.45) is 0. The second-order valence-electron chi connectivity index (χ2n) is 8.62. The van der Waals surface area contributed by atoms with Crippen LogP contribution in [-0.2, 0) is 9.47 Å². The van der Waals surface area contributed by atoms with E-state index in [1.54, 1.807) is 27.7 Å². The summed E-state index contributed by atoms with van der Waals surface area (Å²) in [5.74, 6) is 0.250. The summed E-state index contributed by atoms with van der Waals surface area (Å²) < 4.78 is 10.9. The molecule has 8 nitrogen and oxygen atoms in total. The van der Waals surface area contributed by atoms with Crippen LogP contribution in [0.5, 0.6) is 0 Å². The zero-order valence-corrected chi connectivity index (χ0v) is 18.7. The summed E-state index contributed by atoms with van der Waals surface area (Å²) in [4.78, 5) is 0. The van der Waals surface area contributed by atoms with Crippen LogP contribution < -0.4 is 0 Å². The van der Waals surface area contributed by atoms with Gasteiger partial charge in [-0.2, -0.15) is 10.2 Å². The van der Waals surface area contributed by atoms with E-state index in [2.05, 4.69) is 10.2 Å². The molecule has 0 saturated heterocycles. The number of nitrogens with zero attached hydrogens (tertiary/aromatic N) is 2. The van der Waals surface area contributed by atoms with E-state index in [4.69, 9.17) is 31.1 Å². The molecule has 0 unspecified atom stereocenters. The third-order valence-electron chi connectivity index (χ3n) is 4.43. The van der Waals surface area contributed by atoms with Gasteiger partial charge >= 0.3 is 0 Å². The van der Waals surface area contributed by atoms with Gasteiger partial charge in [-0.3, -0.25) is 0 Å². The van der Waals surface area contributed by atoms with Crippen LogP contribution in [0.3, 0.4) is 0 Å². The van der Waals surface area contributed by atoms with Gasteiger partial charge in [-0.15, -0.1) is 0 Å². The number of rotatable bonds is 14. The molecule has 0 fully saturated rings. The minimum atomic E-state index is -0.863. The maximum Gasteiger partial charge on any atom is 0.115 e. The normalized spacial score (nSPS) is 12.8. The lowest BCUT2D eigenvalue weighted by Gasteiger charge is -2.24. The van der Waals surface area contributed by atoms with Gasteiger partial charge in [-0.1, -0.05) is 27.7 Å². The van der Waals surface area contributed by atoms with Gasteiger partial charge in [-0.25, -0.2) is 0 Å². The summed E-state index contributed by atoms with van der Waals surface area (Å²) in [6.45, 7) is 15.4. The van der Waals surface area contributed by atoms with Gasteiger partial charge in [0.25, 0.3) is 0 Å². The van der Waals surface area contributed by atoms with E-state index in [1.807, 2.05) is 27.7 Å². The highest BCUT2D eigenvalue weighted by Crippen LogP contribution is 2.18. The molecule has 0 heterocycles. The van der Waals surface area contributed by atoms with E-state index in [9.17, 15) is 0 Å². The predicted octanol–water partition coefficient (Wildman–Crippen LogP) is 4.42. The van der Waals surface area contributed by atoms with Crippen molar-refractivity contribution in [3.05, 3.63) is 0 Å². The van der Waals surface area contributed by atoms with Crippen molar-refractivity contribution >= 4 is 22.8 Å². The summed E-state index contributed by atoms with van der Waals surface area (Å²) in [5, 5.41) is 40.5. The minimum Gasteiger partial charge on any atom is -0.370 e. The highest BCUT2D eigenvalue weighted by atomic mass is 16.5. The Labute approximate surface area is 169 Å². The summed E-state index contributed by atoms with van der Waals surface area (Å²) in [7, 11) is 0. The second kappa shape index (κ2) is 11.3. The topological polar surface area (TPSA) is 139 Å². The van der Waals surface area contributed by atoms with Crippen molar-refractivity contribution in [2.45, 2.75) is 66.5 Å². The quantitative estimate of drug-likeness (QED) is 0.256. The molecule has 0 aliphatic carbocycles. The molecule has 0 aromatic heterocycles. The van der Waals surface area contributed by atoms with Gasteiger partial charge in [0.2, 0.25) is 0 Å². The fourth-order valence-electron chi connectivity index (χ4n) is 1.58. The average Bonchev–Trinajstić information content (AvgIpc) is 2.59. The van der Waals surface area contributed by atoms with Gasteiger partial charge in [0.15, 0.2) is 0 Å². The first-order valence-corrected chi connectivity index (χ1v) is 9.60. The maximum absolute atomic E-state index is 8.21. The predicted molar refractivity (Wildman–Crippen MR) is 115 cm³/mol. The van der Waals surface area contributed by atoms with Crippen molar-refractivity contribution in [2.24, 2.45) is 22.1 Å². The molecule has 0 saturated carbocycles. The lowest BCUT2D eigenvalue weighted by atomic mass is 9.99. The first-order chi connectivity index (χ1) is 12.7. The van der Waals surface area contributed by atoms with Crippen molar-refractivity contribution in [3.63, 3.8) is 0 Å². The standard InChI is InChI=1S/C20H38N6O2/c1-13(2)15(21)9-27-11-17(23)19(5,6)25-26-20(7,8)18(24)12-28-10-16(22)14(3)4/h13-14,21-24H,9-12H2,1-8H3. The first kappa shape index (κ1) is 26.2. The van der Waals surface area contributed by atoms with Crippen LogP contribution in [0.15, 0.2) is 10.2 Å². The average molecular weight is 395 g/mol. The molecule has 0 aliphatic heterocycles. The molecule has 0 atom stereocenters. The zero-order valence-electron chi connectivity index (χ0n) is 18.7. The number of hydrogen-bond acceptors (Lipinski definition) is 8. The molecular formula is C20H38N6O2. The largest absolute Gasteiger partial charge is 0.370 e. The van der Waals surface area contributed by atoms with Crippen LogP contribution in [0, 0.1) is 33.5 Å². The molecular weight excluding hydrogens is 356 g/mol. The summed E-state index contributed by atoms with van der Waals surface area (Å²) in [6, 6.07) is 0. The molecule has 0 bridgehead atoms. The molecule has 0 aliphatic rings. The molecule has 160 valence electrons. The van der Waals surface area contributed by atoms with Crippen molar-refractivity contribution in [1.29, 1.82) is 21.6 Å². The van der Waals surface area contributed by atoms with E-state index in [0.717, 1.165) is 0 Å². The van der Waals surface area contributed by atoms with Crippen LogP contribution in [0.4, 0.5) is 0 Å². The van der Waals surface area contributed by atoms with E-state index < -0.39 is 11.1 Å². The molecule has 0 rings (SSSR count). The van der Waals surface area contributed by atoms with E-state index >= 15 is 0 Å². The lowest BCUT2D eigenvalue weighted by molar-refractivity contribution is 0.205. The molecule has 0 aromatic rings. The third kappa shape index (κ3) is 9.41. The molecule has 28 heavy (non-hydrogen) atoms. The monoisotopic (exact) mass is 394 g/mol. The number of hydrogen-bond donors (Lipinski definition) is 4. The van der Waals surface area contributed by atoms with Crippen LogP contribution in [-0.4, -0.2) is 60.4 Å². The maximum atomic E-state index is 8.21. The van der Waals surface area contributed by atoms with E-state index in [0.29, 0.717) is 11.4 Å². The molecule has 0 spiro atoms. The molecule has 0 aromatic carbocycles. The molecule has 4 N–H and O–H groups in total. The van der Waals surface area contributed by atoms with Crippen LogP contribution in [0.1, 0.15) is 55.4 Å². The first-order valence-electron chi connectivity index (χ1n) is 9.60. The summed E-state index contributed by atoms with van der Waals surface area (Å²) >= 11 is 0. The Hall–Kier alpha value is -1.80. The van der Waals surface area contributed by atoms with Crippen molar-refractivity contribution in [1.82, 2.24) is 0 Å². The van der Waals surface area contributed by atoms with Crippen LogP contribution in [0.25, 0.3) is 0 Å². The Morgan fingerprint density at radius 3 is 1.18 bits per heavy atom. The van der Waals surface area contributed by atoms with Crippen molar-refractivity contribution in [2.75, 3.05) is 26.4 Å². The highest BCUT2D eigenvalue weighted by Gasteiger charge is 2.28. The molecule has 0 amide bonds. The third-order valence-corrected chi connectivity index (χ3v) is 4.43. The Balaban J connectivity index is 4.68. The Kier molecular flexibility index (Phi) is 10.5. The van der Waals surface area contributed by atoms with Gasteiger partial charge < -0.3 is 31.1 Å². The highest BCUT2D eigenvalue weighted by molar-refractivity contribution is 5.93. The molecule has 8 heteroatoms. The Morgan fingerprint density at radius 1 is 0.643 bits per heavy atom.